The van der Waals surface area contributed by atoms with Crippen molar-refractivity contribution in [2.24, 2.45) is 11.3 Å². The van der Waals surface area contributed by atoms with Crippen LogP contribution in [0.5, 0.6) is 0 Å². The van der Waals surface area contributed by atoms with Gasteiger partial charge in [0.25, 0.3) is 0 Å². The van der Waals surface area contributed by atoms with E-state index in [4.69, 9.17) is 5.11 Å². The van der Waals surface area contributed by atoms with Crippen molar-refractivity contribution in [2.45, 2.75) is 45.6 Å². The third kappa shape index (κ3) is 2.76. The number of rotatable bonds is 3. The van der Waals surface area contributed by atoms with Gasteiger partial charge in [0.1, 0.15) is 0 Å². The Labute approximate surface area is 108 Å². The molecule has 2 amide bonds. The SMILES string of the molecule is CC1(C)CCCC1NC(=O)N1CC(CC(=O)O)C1. The zero-order chi connectivity index (χ0) is 13.3. The minimum atomic E-state index is -0.781. The van der Waals surface area contributed by atoms with Gasteiger partial charge < -0.3 is 15.3 Å². The standard InChI is InChI=1S/C13H22N2O3/c1-13(2)5-3-4-10(13)14-12(18)15-7-9(8-15)6-11(16)17/h9-10H,3-8H2,1-2H3,(H,14,18)(H,16,17). The number of likely N-dealkylation sites (tertiary alicyclic amines) is 1. The molecule has 1 unspecified atom stereocenters. The summed E-state index contributed by atoms with van der Waals surface area (Å²) in [5.41, 5.74) is 0.182. The average Bonchev–Trinajstić information content (AvgIpc) is 2.51. The Kier molecular flexibility index (Phi) is 3.50. The van der Waals surface area contributed by atoms with E-state index in [0.29, 0.717) is 13.1 Å². The van der Waals surface area contributed by atoms with Crippen molar-refractivity contribution in [2.75, 3.05) is 13.1 Å². The van der Waals surface area contributed by atoms with E-state index >= 15 is 0 Å². The number of carbonyl (C=O) groups excluding carboxylic acids is 1. The van der Waals surface area contributed by atoms with Gasteiger partial charge in [0, 0.05) is 25.0 Å². The summed E-state index contributed by atoms with van der Waals surface area (Å²) in [5.74, 6) is -0.651. The van der Waals surface area contributed by atoms with Crippen LogP contribution in [0, 0.1) is 11.3 Å². The highest BCUT2D eigenvalue weighted by molar-refractivity contribution is 5.76. The molecule has 1 saturated heterocycles. The summed E-state index contributed by atoms with van der Waals surface area (Å²) in [7, 11) is 0. The Morgan fingerprint density at radius 1 is 1.39 bits per heavy atom. The molecule has 0 spiro atoms. The van der Waals surface area contributed by atoms with Crippen molar-refractivity contribution in [1.82, 2.24) is 10.2 Å². The number of amides is 2. The lowest BCUT2D eigenvalue weighted by atomic mass is 9.87. The minimum Gasteiger partial charge on any atom is -0.481 e. The number of aliphatic carboxylic acids is 1. The maximum Gasteiger partial charge on any atom is 0.317 e. The maximum atomic E-state index is 12.0. The zero-order valence-electron chi connectivity index (χ0n) is 11.1. The smallest absolute Gasteiger partial charge is 0.317 e. The van der Waals surface area contributed by atoms with Gasteiger partial charge in [0.05, 0.1) is 6.42 Å². The number of hydrogen-bond acceptors (Lipinski definition) is 2. The van der Waals surface area contributed by atoms with Crippen LogP contribution in [0.15, 0.2) is 0 Å². The fourth-order valence-corrected chi connectivity index (χ4v) is 2.95. The largest absolute Gasteiger partial charge is 0.481 e. The van der Waals surface area contributed by atoms with E-state index in [9.17, 15) is 9.59 Å². The number of carboxylic acid groups (broad SMARTS) is 1. The van der Waals surface area contributed by atoms with Crippen molar-refractivity contribution < 1.29 is 14.7 Å². The molecule has 0 aromatic carbocycles. The van der Waals surface area contributed by atoms with Crippen LogP contribution in [0.3, 0.4) is 0 Å². The first-order chi connectivity index (χ1) is 8.38. The molecule has 0 aromatic heterocycles. The van der Waals surface area contributed by atoms with Gasteiger partial charge in [-0.15, -0.1) is 0 Å². The summed E-state index contributed by atoms with van der Waals surface area (Å²) in [5, 5.41) is 11.7. The molecule has 2 fully saturated rings. The lowest BCUT2D eigenvalue weighted by molar-refractivity contribution is -0.139. The molecule has 0 radical (unpaired) electrons. The number of hydrogen-bond donors (Lipinski definition) is 2. The molecule has 18 heavy (non-hydrogen) atoms. The molecule has 5 heteroatoms. The predicted octanol–water partition coefficient (Wildman–Crippen LogP) is 1.68. The number of carbonyl (C=O) groups is 2. The number of carboxylic acids is 1. The average molecular weight is 254 g/mol. The van der Waals surface area contributed by atoms with E-state index in [2.05, 4.69) is 19.2 Å². The van der Waals surface area contributed by atoms with Gasteiger partial charge in [0.15, 0.2) is 0 Å². The van der Waals surface area contributed by atoms with Gasteiger partial charge in [-0.1, -0.05) is 20.3 Å². The second-order valence-electron chi connectivity index (χ2n) is 6.25. The number of nitrogens with zero attached hydrogens (tertiary/aromatic N) is 1. The number of urea groups is 1. The van der Waals surface area contributed by atoms with E-state index in [1.165, 1.54) is 6.42 Å². The van der Waals surface area contributed by atoms with Gasteiger partial charge in [-0.3, -0.25) is 4.79 Å². The highest BCUT2D eigenvalue weighted by atomic mass is 16.4. The lowest BCUT2D eigenvalue weighted by Crippen LogP contribution is -2.57. The van der Waals surface area contributed by atoms with Crippen LogP contribution >= 0.6 is 0 Å². The first kappa shape index (κ1) is 13.2. The Hall–Kier alpha value is -1.26. The fourth-order valence-electron chi connectivity index (χ4n) is 2.95. The Balaban J connectivity index is 1.75. The van der Waals surface area contributed by atoms with Gasteiger partial charge in [-0.25, -0.2) is 4.79 Å². The fraction of sp³-hybridized carbons (Fsp3) is 0.846. The summed E-state index contributed by atoms with van der Waals surface area (Å²) >= 11 is 0. The van der Waals surface area contributed by atoms with Gasteiger partial charge in [0.2, 0.25) is 0 Å². The van der Waals surface area contributed by atoms with Crippen molar-refractivity contribution in [3.63, 3.8) is 0 Å². The van der Waals surface area contributed by atoms with Gasteiger partial charge in [-0.2, -0.15) is 0 Å². The second-order valence-corrected chi connectivity index (χ2v) is 6.25. The van der Waals surface area contributed by atoms with E-state index in [0.717, 1.165) is 12.8 Å². The van der Waals surface area contributed by atoms with E-state index < -0.39 is 5.97 Å². The Morgan fingerprint density at radius 2 is 2.06 bits per heavy atom. The summed E-state index contributed by atoms with van der Waals surface area (Å²) in [6, 6.07) is 0.222. The highest BCUT2D eigenvalue weighted by Gasteiger charge is 2.38. The predicted molar refractivity (Wildman–Crippen MR) is 67.3 cm³/mol. The topological polar surface area (TPSA) is 69.6 Å². The van der Waals surface area contributed by atoms with Crippen LogP contribution in [0.1, 0.15) is 39.5 Å². The lowest BCUT2D eigenvalue weighted by Gasteiger charge is -2.40. The molecule has 1 aliphatic heterocycles. The van der Waals surface area contributed by atoms with Crippen molar-refractivity contribution >= 4 is 12.0 Å². The molecular formula is C13H22N2O3. The highest BCUT2D eigenvalue weighted by Crippen LogP contribution is 2.37. The Morgan fingerprint density at radius 3 is 2.56 bits per heavy atom. The van der Waals surface area contributed by atoms with Crippen molar-refractivity contribution in [1.29, 1.82) is 0 Å². The molecule has 0 bridgehead atoms. The zero-order valence-corrected chi connectivity index (χ0v) is 11.1. The molecule has 102 valence electrons. The second kappa shape index (κ2) is 4.78. The quantitative estimate of drug-likeness (QED) is 0.805. The molecule has 1 atom stereocenters. The van der Waals surface area contributed by atoms with E-state index in [1.807, 2.05) is 0 Å². The van der Waals surface area contributed by atoms with E-state index in [-0.39, 0.29) is 29.8 Å². The first-order valence-corrected chi connectivity index (χ1v) is 6.66. The van der Waals surface area contributed by atoms with Crippen molar-refractivity contribution in [3.05, 3.63) is 0 Å². The summed E-state index contributed by atoms with van der Waals surface area (Å²) < 4.78 is 0. The molecule has 1 aliphatic carbocycles. The third-order valence-electron chi connectivity index (χ3n) is 4.26. The monoisotopic (exact) mass is 254 g/mol. The normalized spacial score (nSPS) is 26.8. The van der Waals surface area contributed by atoms with Crippen molar-refractivity contribution in [3.8, 4) is 0 Å². The minimum absolute atomic E-state index is 0.0309. The Bertz CT molecular complexity index is 348. The number of nitrogens with one attached hydrogen (secondary N) is 1. The molecule has 2 rings (SSSR count). The van der Waals surface area contributed by atoms with Gasteiger partial charge >= 0.3 is 12.0 Å². The molecule has 2 N–H and O–H groups in total. The molecular weight excluding hydrogens is 232 g/mol. The maximum absolute atomic E-state index is 12.0. The molecule has 5 nitrogen and oxygen atoms in total. The van der Waals surface area contributed by atoms with E-state index in [1.54, 1.807) is 4.90 Å². The molecule has 0 aromatic rings. The summed E-state index contributed by atoms with van der Waals surface area (Å²) in [4.78, 5) is 24.2. The summed E-state index contributed by atoms with van der Waals surface area (Å²) in [6.07, 6.45) is 3.53. The van der Waals surface area contributed by atoms with Crippen LogP contribution in [0.4, 0.5) is 4.79 Å². The molecule has 2 aliphatic rings. The van der Waals surface area contributed by atoms with Crippen LogP contribution in [-0.2, 0) is 4.79 Å². The third-order valence-corrected chi connectivity index (χ3v) is 4.26. The van der Waals surface area contributed by atoms with Crippen LogP contribution in [-0.4, -0.2) is 41.1 Å². The van der Waals surface area contributed by atoms with Crippen LogP contribution in [0.25, 0.3) is 0 Å². The van der Waals surface area contributed by atoms with Crippen LogP contribution < -0.4 is 5.32 Å². The van der Waals surface area contributed by atoms with Gasteiger partial charge in [-0.05, 0) is 18.3 Å². The molecule has 1 saturated carbocycles. The molecule has 1 heterocycles. The first-order valence-electron chi connectivity index (χ1n) is 6.66. The summed E-state index contributed by atoms with van der Waals surface area (Å²) in [6.45, 7) is 5.53. The van der Waals surface area contributed by atoms with Crippen LogP contribution in [0.2, 0.25) is 0 Å².